The van der Waals surface area contributed by atoms with Gasteiger partial charge in [0.2, 0.25) is 0 Å². The summed E-state index contributed by atoms with van der Waals surface area (Å²) in [6.07, 6.45) is 0.454. The third-order valence-corrected chi connectivity index (χ3v) is 1.36. The third-order valence-electron chi connectivity index (χ3n) is 1.36. The van der Waals surface area contributed by atoms with Crippen LogP contribution in [0.5, 0.6) is 0 Å². The monoisotopic (exact) mass is 164 g/mol. The summed E-state index contributed by atoms with van der Waals surface area (Å²) in [6.45, 7) is 0. The smallest absolute Gasteiger partial charge is 0.305 e. The molecule has 12 heavy (non-hydrogen) atoms. The Kier molecular flexibility index (Phi) is 1.64. The SMILES string of the molecule is OC1NC(c2cc[c]cn2)=NO1. The molecular formula is C7H6N3O2. The minimum Gasteiger partial charge on any atom is -0.340 e. The second-order valence-electron chi connectivity index (χ2n) is 2.19. The summed E-state index contributed by atoms with van der Waals surface area (Å²) in [6, 6.07) is 6.19. The number of aromatic nitrogens is 1. The predicted octanol–water partition coefficient (Wildman–Crippen LogP) is -0.561. The van der Waals surface area contributed by atoms with Crippen LogP contribution in [-0.4, -0.2) is 22.3 Å². The Labute approximate surface area is 68.7 Å². The van der Waals surface area contributed by atoms with E-state index in [1.807, 2.05) is 0 Å². The van der Waals surface area contributed by atoms with Gasteiger partial charge in [-0.1, -0.05) is 11.2 Å². The van der Waals surface area contributed by atoms with Gasteiger partial charge in [0.15, 0.2) is 5.84 Å². The highest BCUT2D eigenvalue weighted by Gasteiger charge is 2.17. The molecule has 1 aliphatic heterocycles. The fraction of sp³-hybridized carbons (Fsp3) is 0.143. The minimum atomic E-state index is -1.06. The first kappa shape index (κ1) is 7.05. The molecule has 0 saturated carbocycles. The lowest BCUT2D eigenvalue weighted by Gasteiger charge is -1.99. The number of nitrogens with zero attached hydrogens (tertiary/aromatic N) is 2. The zero-order valence-corrected chi connectivity index (χ0v) is 6.06. The Morgan fingerprint density at radius 3 is 3.17 bits per heavy atom. The normalized spacial score (nSPS) is 21.1. The van der Waals surface area contributed by atoms with Gasteiger partial charge < -0.3 is 15.3 Å². The first-order valence-corrected chi connectivity index (χ1v) is 3.37. The molecule has 0 fully saturated rings. The van der Waals surface area contributed by atoms with Crippen LogP contribution in [-0.2, 0) is 4.84 Å². The van der Waals surface area contributed by atoms with Crippen LogP contribution in [0.2, 0.25) is 0 Å². The van der Waals surface area contributed by atoms with Crippen molar-refractivity contribution < 1.29 is 9.94 Å². The number of oxime groups is 1. The van der Waals surface area contributed by atoms with Crippen LogP contribution in [0.25, 0.3) is 0 Å². The Bertz CT molecular complexity index is 299. The topological polar surface area (TPSA) is 66.7 Å². The summed E-state index contributed by atoms with van der Waals surface area (Å²) in [7, 11) is 0. The summed E-state index contributed by atoms with van der Waals surface area (Å²) in [5, 5.41) is 15.0. The van der Waals surface area contributed by atoms with E-state index in [1.54, 1.807) is 12.1 Å². The zero-order chi connectivity index (χ0) is 8.39. The average Bonchev–Trinajstić information content (AvgIpc) is 2.54. The molecule has 1 unspecified atom stereocenters. The number of rotatable bonds is 1. The maximum absolute atomic E-state index is 8.88. The Morgan fingerprint density at radius 1 is 1.67 bits per heavy atom. The van der Waals surface area contributed by atoms with Crippen molar-refractivity contribution in [2.75, 3.05) is 0 Å². The van der Waals surface area contributed by atoms with Gasteiger partial charge >= 0.3 is 6.41 Å². The second-order valence-corrected chi connectivity index (χ2v) is 2.19. The van der Waals surface area contributed by atoms with E-state index in [1.165, 1.54) is 6.20 Å². The highest BCUT2D eigenvalue weighted by atomic mass is 16.7. The number of amidine groups is 1. The zero-order valence-electron chi connectivity index (χ0n) is 6.06. The van der Waals surface area contributed by atoms with Crippen molar-refractivity contribution in [2.45, 2.75) is 6.41 Å². The van der Waals surface area contributed by atoms with Crippen molar-refractivity contribution in [1.82, 2.24) is 10.3 Å². The summed E-state index contributed by atoms with van der Waals surface area (Å²) in [5.41, 5.74) is 0.616. The van der Waals surface area contributed by atoms with Gasteiger partial charge in [0.05, 0.1) is 0 Å². The molecule has 1 atom stereocenters. The quantitative estimate of drug-likeness (QED) is 0.583. The van der Waals surface area contributed by atoms with Crippen LogP contribution in [0.15, 0.2) is 23.5 Å². The predicted molar refractivity (Wildman–Crippen MR) is 39.8 cm³/mol. The molecule has 0 bridgehead atoms. The number of hydrogen-bond donors (Lipinski definition) is 2. The molecular weight excluding hydrogens is 158 g/mol. The maximum atomic E-state index is 8.88. The molecule has 2 heterocycles. The Hall–Kier alpha value is -1.62. The molecule has 0 spiro atoms. The van der Waals surface area contributed by atoms with Crippen molar-refractivity contribution in [2.24, 2.45) is 5.16 Å². The van der Waals surface area contributed by atoms with Crippen LogP contribution in [0.3, 0.4) is 0 Å². The second kappa shape index (κ2) is 2.78. The van der Waals surface area contributed by atoms with Crippen LogP contribution in [0, 0.1) is 6.07 Å². The number of hydrogen-bond acceptors (Lipinski definition) is 5. The molecule has 0 amide bonds. The fourth-order valence-corrected chi connectivity index (χ4v) is 0.853. The first-order chi connectivity index (χ1) is 5.86. The van der Waals surface area contributed by atoms with Crippen LogP contribution in [0.4, 0.5) is 0 Å². The number of pyridine rings is 1. The average molecular weight is 164 g/mol. The van der Waals surface area contributed by atoms with Crippen LogP contribution < -0.4 is 5.32 Å². The van der Waals surface area contributed by atoms with E-state index in [-0.39, 0.29) is 0 Å². The highest BCUT2D eigenvalue weighted by molar-refractivity contribution is 5.97. The number of aliphatic hydroxyl groups excluding tert-OH is 1. The number of aliphatic hydroxyl groups is 1. The van der Waals surface area contributed by atoms with Gasteiger partial charge in [-0.25, -0.2) is 0 Å². The van der Waals surface area contributed by atoms with E-state index in [4.69, 9.17) is 5.11 Å². The van der Waals surface area contributed by atoms with Gasteiger partial charge in [0, 0.05) is 12.3 Å². The first-order valence-electron chi connectivity index (χ1n) is 3.37. The summed E-state index contributed by atoms with van der Waals surface area (Å²) in [5.74, 6) is 0.427. The minimum absolute atomic E-state index is 0.427. The molecule has 5 nitrogen and oxygen atoms in total. The molecule has 0 saturated heterocycles. The molecule has 2 N–H and O–H groups in total. The van der Waals surface area contributed by atoms with Gasteiger partial charge in [-0.05, 0) is 6.07 Å². The lowest BCUT2D eigenvalue weighted by Crippen LogP contribution is -2.29. The van der Waals surface area contributed by atoms with Gasteiger partial charge in [-0.2, -0.15) is 0 Å². The molecule has 2 rings (SSSR count). The lowest BCUT2D eigenvalue weighted by molar-refractivity contribution is -0.0896. The van der Waals surface area contributed by atoms with E-state index in [0.29, 0.717) is 11.5 Å². The summed E-state index contributed by atoms with van der Waals surface area (Å²) >= 11 is 0. The Balaban J connectivity index is 2.22. The molecule has 1 aliphatic rings. The van der Waals surface area contributed by atoms with Crippen LogP contribution >= 0.6 is 0 Å². The number of nitrogens with one attached hydrogen (secondary N) is 1. The van der Waals surface area contributed by atoms with Gasteiger partial charge in [0.25, 0.3) is 0 Å². The standard InChI is InChI=1S/C7H6N3O2/c11-7-9-6(10-12-7)5-3-1-2-4-8-5/h1,3-4,7,11H,(H,9,10). The van der Waals surface area contributed by atoms with Gasteiger partial charge in [0.1, 0.15) is 5.69 Å². The van der Waals surface area contributed by atoms with Gasteiger partial charge in [-0.3, -0.25) is 4.98 Å². The molecule has 5 heteroatoms. The summed E-state index contributed by atoms with van der Waals surface area (Å²) < 4.78 is 0. The van der Waals surface area contributed by atoms with Crippen molar-refractivity contribution in [3.63, 3.8) is 0 Å². The molecule has 1 radical (unpaired) electrons. The Morgan fingerprint density at radius 2 is 2.58 bits per heavy atom. The molecule has 0 aliphatic carbocycles. The third kappa shape index (κ3) is 1.22. The van der Waals surface area contributed by atoms with Crippen molar-refractivity contribution in [3.05, 3.63) is 30.1 Å². The van der Waals surface area contributed by atoms with E-state index in [2.05, 4.69) is 26.4 Å². The van der Waals surface area contributed by atoms with Crippen LogP contribution in [0.1, 0.15) is 5.69 Å². The molecule has 0 aromatic carbocycles. The summed E-state index contributed by atoms with van der Waals surface area (Å²) in [4.78, 5) is 8.46. The molecule has 1 aromatic heterocycles. The van der Waals surface area contributed by atoms with Crippen molar-refractivity contribution in [3.8, 4) is 0 Å². The van der Waals surface area contributed by atoms with Gasteiger partial charge in [-0.15, -0.1) is 0 Å². The van der Waals surface area contributed by atoms with E-state index in [0.717, 1.165) is 0 Å². The fourth-order valence-electron chi connectivity index (χ4n) is 0.853. The lowest BCUT2D eigenvalue weighted by atomic mass is 10.3. The largest absolute Gasteiger partial charge is 0.340 e. The van der Waals surface area contributed by atoms with E-state index < -0.39 is 6.41 Å². The van der Waals surface area contributed by atoms with Crippen molar-refractivity contribution in [1.29, 1.82) is 0 Å². The van der Waals surface area contributed by atoms with E-state index in [9.17, 15) is 0 Å². The van der Waals surface area contributed by atoms with E-state index >= 15 is 0 Å². The molecule has 61 valence electrons. The maximum Gasteiger partial charge on any atom is 0.305 e. The van der Waals surface area contributed by atoms with Crippen molar-refractivity contribution >= 4 is 5.84 Å². The highest BCUT2D eigenvalue weighted by Crippen LogP contribution is 2.01. The molecule has 1 aromatic rings.